The van der Waals surface area contributed by atoms with Gasteiger partial charge in [0.1, 0.15) is 0 Å². The second kappa shape index (κ2) is 8.45. The topological polar surface area (TPSA) is 53.5 Å². The van der Waals surface area contributed by atoms with Crippen LogP contribution < -0.4 is 0 Å². The van der Waals surface area contributed by atoms with Gasteiger partial charge in [0.2, 0.25) is 5.91 Å². The zero-order valence-electron chi connectivity index (χ0n) is 14.8. The van der Waals surface area contributed by atoms with Gasteiger partial charge in [0.25, 0.3) is 5.91 Å². The van der Waals surface area contributed by atoms with Crippen LogP contribution in [0, 0.1) is 5.92 Å². The molecule has 1 aromatic heterocycles. The number of carbonyl (C=O) groups is 2. The number of rotatable bonds is 4. The van der Waals surface area contributed by atoms with Gasteiger partial charge in [-0.2, -0.15) is 0 Å². The van der Waals surface area contributed by atoms with Crippen molar-refractivity contribution in [2.24, 2.45) is 5.92 Å². The molecule has 2 heterocycles. The second-order valence-electron chi connectivity index (χ2n) is 6.62. The maximum absolute atomic E-state index is 12.7. The highest BCUT2D eigenvalue weighted by Crippen LogP contribution is 2.22. The second-order valence-corrected chi connectivity index (χ2v) is 7.54. The van der Waals surface area contributed by atoms with Crippen molar-refractivity contribution < 1.29 is 9.59 Å². The van der Waals surface area contributed by atoms with E-state index in [1.54, 1.807) is 17.3 Å². The van der Waals surface area contributed by atoms with E-state index >= 15 is 0 Å². The van der Waals surface area contributed by atoms with Crippen molar-refractivity contribution in [1.82, 2.24) is 14.8 Å². The molecule has 0 radical (unpaired) electrons. The van der Waals surface area contributed by atoms with Gasteiger partial charge >= 0.3 is 0 Å². The van der Waals surface area contributed by atoms with Crippen LogP contribution in [0.3, 0.4) is 0 Å². The van der Waals surface area contributed by atoms with Crippen molar-refractivity contribution in [2.45, 2.75) is 19.4 Å². The lowest BCUT2D eigenvalue weighted by molar-refractivity contribution is -0.136. The van der Waals surface area contributed by atoms with Gasteiger partial charge in [-0.1, -0.05) is 15.9 Å². The highest BCUT2D eigenvalue weighted by molar-refractivity contribution is 9.10. The van der Waals surface area contributed by atoms with E-state index in [1.807, 2.05) is 48.3 Å². The first-order valence-electron chi connectivity index (χ1n) is 8.73. The number of pyridine rings is 1. The maximum Gasteiger partial charge on any atom is 0.253 e. The van der Waals surface area contributed by atoms with E-state index in [2.05, 4.69) is 20.9 Å². The average molecular weight is 416 g/mol. The monoisotopic (exact) mass is 415 g/mol. The molecule has 1 saturated heterocycles. The van der Waals surface area contributed by atoms with Crippen LogP contribution in [0.4, 0.5) is 0 Å². The molecule has 1 aromatic carbocycles. The molecular formula is C20H22BrN3O2. The Bertz CT molecular complexity index is 756. The fourth-order valence-electron chi connectivity index (χ4n) is 3.26. The number of hydrogen-bond acceptors (Lipinski definition) is 3. The van der Waals surface area contributed by atoms with E-state index in [0.29, 0.717) is 38.0 Å². The Hall–Kier alpha value is -2.21. The first-order chi connectivity index (χ1) is 12.5. The number of nitrogens with zero attached hydrogens (tertiary/aromatic N) is 3. The molecule has 0 unspecified atom stereocenters. The van der Waals surface area contributed by atoms with Gasteiger partial charge in [-0.3, -0.25) is 14.6 Å². The smallest absolute Gasteiger partial charge is 0.253 e. The average Bonchev–Trinajstić information content (AvgIpc) is 2.68. The first kappa shape index (κ1) is 18.6. The predicted octanol–water partition coefficient (Wildman–Crippen LogP) is 3.35. The van der Waals surface area contributed by atoms with Crippen LogP contribution in [0.2, 0.25) is 0 Å². The fourth-order valence-corrected chi connectivity index (χ4v) is 3.52. The van der Waals surface area contributed by atoms with E-state index in [0.717, 1.165) is 10.0 Å². The van der Waals surface area contributed by atoms with E-state index in [9.17, 15) is 9.59 Å². The van der Waals surface area contributed by atoms with Gasteiger partial charge in [-0.05, 0) is 54.8 Å². The molecule has 0 N–H and O–H groups in total. The van der Waals surface area contributed by atoms with E-state index in [-0.39, 0.29) is 17.7 Å². The Morgan fingerprint density at radius 1 is 1.12 bits per heavy atom. The summed E-state index contributed by atoms with van der Waals surface area (Å²) in [6, 6.07) is 11.2. The Balaban J connectivity index is 1.53. The lowest BCUT2D eigenvalue weighted by Crippen LogP contribution is -2.43. The molecule has 136 valence electrons. The first-order valence-corrected chi connectivity index (χ1v) is 9.52. The van der Waals surface area contributed by atoms with Gasteiger partial charge in [-0.25, -0.2) is 0 Å². The van der Waals surface area contributed by atoms with Crippen molar-refractivity contribution in [1.29, 1.82) is 0 Å². The summed E-state index contributed by atoms with van der Waals surface area (Å²) in [5, 5.41) is 0. The van der Waals surface area contributed by atoms with E-state index in [4.69, 9.17) is 0 Å². The SMILES string of the molecule is CN(Cc1ccncc1)C(=O)C1CCN(C(=O)c2ccc(Br)cc2)CC1. The van der Waals surface area contributed by atoms with Crippen LogP contribution in [0.1, 0.15) is 28.8 Å². The quantitative estimate of drug-likeness (QED) is 0.768. The lowest BCUT2D eigenvalue weighted by atomic mass is 9.94. The molecule has 6 heteroatoms. The van der Waals surface area contributed by atoms with Crippen molar-refractivity contribution in [3.05, 3.63) is 64.4 Å². The van der Waals surface area contributed by atoms with Gasteiger partial charge in [0.05, 0.1) is 0 Å². The Labute approximate surface area is 162 Å². The summed E-state index contributed by atoms with van der Waals surface area (Å²) in [6.07, 6.45) is 4.89. The normalized spacial score (nSPS) is 14.9. The minimum Gasteiger partial charge on any atom is -0.341 e. The fraction of sp³-hybridized carbons (Fsp3) is 0.350. The summed E-state index contributed by atoms with van der Waals surface area (Å²) >= 11 is 3.38. The lowest BCUT2D eigenvalue weighted by Gasteiger charge is -2.33. The van der Waals surface area contributed by atoms with Crippen molar-refractivity contribution in [3.63, 3.8) is 0 Å². The summed E-state index contributed by atoms with van der Waals surface area (Å²) in [5.41, 5.74) is 1.76. The standard InChI is InChI=1S/C20H22BrN3O2/c1-23(14-15-6-10-22-11-7-15)19(25)17-8-12-24(13-9-17)20(26)16-2-4-18(21)5-3-16/h2-7,10-11,17H,8-9,12-14H2,1H3. The summed E-state index contributed by atoms with van der Waals surface area (Å²) in [5.74, 6) is 0.168. The third-order valence-corrected chi connectivity index (χ3v) is 5.30. The van der Waals surface area contributed by atoms with Crippen molar-refractivity contribution in [3.8, 4) is 0 Å². The Morgan fingerprint density at radius 3 is 2.35 bits per heavy atom. The minimum absolute atomic E-state index is 0.0178. The van der Waals surface area contributed by atoms with Gasteiger partial charge in [0, 0.05) is 55.0 Å². The highest BCUT2D eigenvalue weighted by atomic mass is 79.9. The molecule has 0 spiro atoms. The molecule has 0 atom stereocenters. The number of hydrogen-bond donors (Lipinski definition) is 0. The molecule has 1 aliphatic rings. The summed E-state index contributed by atoms with van der Waals surface area (Å²) < 4.78 is 0.954. The van der Waals surface area contributed by atoms with Crippen molar-refractivity contribution in [2.75, 3.05) is 20.1 Å². The van der Waals surface area contributed by atoms with Crippen LogP contribution in [-0.2, 0) is 11.3 Å². The van der Waals surface area contributed by atoms with Gasteiger partial charge < -0.3 is 9.80 Å². The number of benzene rings is 1. The molecule has 2 aromatic rings. The van der Waals surface area contributed by atoms with Crippen molar-refractivity contribution >= 4 is 27.7 Å². The molecule has 1 fully saturated rings. The minimum atomic E-state index is -0.0178. The third-order valence-electron chi connectivity index (χ3n) is 4.77. The van der Waals surface area contributed by atoms with Crippen LogP contribution in [-0.4, -0.2) is 46.7 Å². The zero-order valence-corrected chi connectivity index (χ0v) is 16.4. The summed E-state index contributed by atoms with van der Waals surface area (Å²) in [7, 11) is 1.84. The highest BCUT2D eigenvalue weighted by Gasteiger charge is 2.29. The number of amides is 2. The molecule has 5 nitrogen and oxygen atoms in total. The van der Waals surface area contributed by atoms with Gasteiger partial charge in [0.15, 0.2) is 0 Å². The maximum atomic E-state index is 12.7. The largest absolute Gasteiger partial charge is 0.341 e. The van der Waals surface area contributed by atoms with Gasteiger partial charge in [-0.15, -0.1) is 0 Å². The molecular weight excluding hydrogens is 394 g/mol. The van der Waals surface area contributed by atoms with E-state index < -0.39 is 0 Å². The van der Waals surface area contributed by atoms with Crippen LogP contribution in [0.25, 0.3) is 0 Å². The number of likely N-dealkylation sites (tertiary alicyclic amines) is 1. The Kier molecular flexibility index (Phi) is 6.04. The number of halogens is 1. The molecule has 0 bridgehead atoms. The predicted molar refractivity (Wildman–Crippen MR) is 103 cm³/mol. The van der Waals surface area contributed by atoms with E-state index in [1.165, 1.54) is 0 Å². The molecule has 0 aliphatic carbocycles. The summed E-state index contributed by atoms with van der Waals surface area (Å²) in [6.45, 7) is 1.82. The number of piperidine rings is 1. The number of aromatic nitrogens is 1. The molecule has 0 saturated carbocycles. The van der Waals surface area contributed by atoms with Crippen LogP contribution in [0.5, 0.6) is 0 Å². The molecule has 1 aliphatic heterocycles. The number of carbonyl (C=O) groups excluding carboxylic acids is 2. The third kappa shape index (κ3) is 4.49. The van der Waals surface area contributed by atoms with Crippen LogP contribution >= 0.6 is 15.9 Å². The zero-order chi connectivity index (χ0) is 18.5. The Morgan fingerprint density at radius 2 is 1.73 bits per heavy atom. The molecule has 2 amide bonds. The van der Waals surface area contributed by atoms with Crippen LogP contribution in [0.15, 0.2) is 53.3 Å². The summed E-state index contributed by atoms with van der Waals surface area (Å²) in [4.78, 5) is 32.9. The molecule has 3 rings (SSSR count). The molecule has 26 heavy (non-hydrogen) atoms.